The Morgan fingerprint density at radius 3 is 2.70 bits per heavy atom. The molecule has 0 saturated carbocycles. The lowest BCUT2D eigenvalue weighted by Crippen LogP contribution is -2.22. The van der Waals surface area contributed by atoms with Crippen molar-refractivity contribution in [3.05, 3.63) is 24.3 Å². The van der Waals surface area contributed by atoms with E-state index < -0.39 is 9.84 Å². The summed E-state index contributed by atoms with van der Waals surface area (Å²) in [5.74, 6) is 0.853. The summed E-state index contributed by atoms with van der Waals surface area (Å²) in [5.41, 5.74) is 0.515. The predicted molar refractivity (Wildman–Crippen MR) is 85.0 cm³/mol. The number of anilines is 1. The van der Waals surface area contributed by atoms with E-state index in [1.165, 1.54) is 12.1 Å². The molecule has 0 aliphatic carbocycles. The Balaban J connectivity index is 2.66. The molecule has 1 atom stereocenters. The molecule has 1 aromatic rings. The van der Waals surface area contributed by atoms with Gasteiger partial charge in [0.15, 0.2) is 9.84 Å². The zero-order chi connectivity index (χ0) is 15.2. The zero-order valence-electron chi connectivity index (χ0n) is 12.0. The van der Waals surface area contributed by atoms with E-state index >= 15 is 0 Å². The first-order chi connectivity index (χ1) is 9.34. The molecular formula is C14H21NO3S2. The molecule has 0 saturated heterocycles. The number of unbranched alkanes of at least 4 members (excludes halogenated alkanes) is 1. The van der Waals surface area contributed by atoms with Crippen molar-refractivity contribution < 1.29 is 13.2 Å². The molecule has 0 aromatic heterocycles. The third kappa shape index (κ3) is 5.54. The maximum atomic E-state index is 12.0. The van der Waals surface area contributed by atoms with Gasteiger partial charge in [0.05, 0.1) is 10.1 Å². The summed E-state index contributed by atoms with van der Waals surface area (Å²) in [7, 11) is -3.26. The number of benzene rings is 1. The van der Waals surface area contributed by atoms with Gasteiger partial charge in [-0.05, 0) is 37.3 Å². The van der Waals surface area contributed by atoms with Gasteiger partial charge in [0.1, 0.15) is 0 Å². The third-order valence-corrected chi connectivity index (χ3v) is 5.11. The van der Waals surface area contributed by atoms with Crippen molar-refractivity contribution in [2.75, 3.05) is 17.3 Å². The number of hydrogen-bond donors (Lipinski definition) is 1. The molecule has 112 valence electrons. The van der Waals surface area contributed by atoms with Gasteiger partial charge in [-0.15, -0.1) is 11.8 Å². The summed E-state index contributed by atoms with van der Waals surface area (Å²) in [6.07, 6.45) is 3.35. The largest absolute Gasteiger partial charge is 0.325 e. The maximum absolute atomic E-state index is 12.0. The summed E-state index contributed by atoms with van der Waals surface area (Å²) in [6, 6.07) is 6.32. The smallest absolute Gasteiger partial charge is 0.237 e. The van der Waals surface area contributed by atoms with E-state index in [4.69, 9.17) is 0 Å². The Morgan fingerprint density at radius 2 is 2.10 bits per heavy atom. The predicted octanol–water partition coefficient (Wildman–Crippen LogP) is 2.95. The van der Waals surface area contributed by atoms with Crippen LogP contribution in [0, 0.1) is 0 Å². The summed E-state index contributed by atoms with van der Waals surface area (Å²) in [4.78, 5) is 12.2. The minimum absolute atomic E-state index is 0.100. The van der Waals surface area contributed by atoms with Crippen molar-refractivity contribution >= 4 is 33.2 Å². The summed E-state index contributed by atoms with van der Waals surface area (Å²) >= 11 is 1.61. The highest BCUT2D eigenvalue weighted by molar-refractivity contribution is 8.00. The van der Waals surface area contributed by atoms with Crippen molar-refractivity contribution in [2.24, 2.45) is 0 Å². The molecule has 1 N–H and O–H groups in total. The number of rotatable bonds is 7. The number of thioether (sulfide) groups is 1. The molecule has 1 rings (SSSR count). The first-order valence-electron chi connectivity index (χ1n) is 6.57. The van der Waals surface area contributed by atoms with Crippen LogP contribution in [0.3, 0.4) is 0 Å². The number of nitrogens with one attached hydrogen (secondary N) is 1. The number of sulfone groups is 1. The highest BCUT2D eigenvalue weighted by atomic mass is 32.2. The van der Waals surface area contributed by atoms with Gasteiger partial charge < -0.3 is 5.32 Å². The van der Waals surface area contributed by atoms with E-state index in [9.17, 15) is 13.2 Å². The first-order valence-corrected chi connectivity index (χ1v) is 9.51. The molecule has 0 radical (unpaired) electrons. The third-order valence-electron chi connectivity index (χ3n) is 2.76. The van der Waals surface area contributed by atoms with Crippen LogP contribution in [-0.4, -0.2) is 31.6 Å². The molecule has 6 heteroatoms. The van der Waals surface area contributed by atoms with Crippen LogP contribution in [0.5, 0.6) is 0 Å². The van der Waals surface area contributed by atoms with Gasteiger partial charge in [-0.2, -0.15) is 0 Å². The number of hydrogen-bond acceptors (Lipinski definition) is 4. The Hall–Kier alpha value is -1.01. The maximum Gasteiger partial charge on any atom is 0.237 e. The summed E-state index contributed by atoms with van der Waals surface area (Å²) in [5, 5.41) is 2.61. The van der Waals surface area contributed by atoms with E-state index in [2.05, 4.69) is 12.2 Å². The molecule has 1 amide bonds. The first kappa shape index (κ1) is 17.0. The molecular weight excluding hydrogens is 294 g/mol. The van der Waals surface area contributed by atoms with Crippen LogP contribution in [0.15, 0.2) is 29.2 Å². The lowest BCUT2D eigenvalue weighted by molar-refractivity contribution is -0.115. The van der Waals surface area contributed by atoms with Gasteiger partial charge in [0.2, 0.25) is 5.91 Å². The second-order valence-corrected chi connectivity index (χ2v) is 8.12. The standard InChI is InChI=1S/C14H21NO3S2/c1-4-5-9-19-11(2)14(16)15-12-7-6-8-13(10-12)20(3,17)18/h6-8,10-11H,4-5,9H2,1-3H3,(H,15,16). The van der Waals surface area contributed by atoms with Crippen molar-refractivity contribution in [3.63, 3.8) is 0 Å². The molecule has 1 aromatic carbocycles. The second-order valence-electron chi connectivity index (χ2n) is 4.66. The van der Waals surface area contributed by atoms with Crippen molar-refractivity contribution in [1.82, 2.24) is 0 Å². The lowest BCUT2D eigenvalue weighted by Gasteiger charge is -2.12. The average Bonchev–Trinajstić information content (AvgIpc) is 2.38. The lowest BCUT2D eigenvalue weighted by atomic mass is 10.3. The molecule has 0 heterocycles. The monoisotopic (exact) mass is 315 g/mol. The van der Waals surface area contributed by atoms with E-state index in [0.717, 1.165) is 24.9 Å². The highest BCUT2D eigenvalue weighted by Gasteiger charge is 2.14. The van der Waals surface area contributed by atoms with E-state index in [0.29, 0.717) is 5.69 Å². The van der Waals surface area contributed by atoms with Gasteiger partial charge in [-0.25, -0.2) is 8.42 Å². The minimum Gasteiger partial charge on any atom is -0.325 e. The van der Waals surface area contributed by atoms with Crippen molar-refractivity contribution in [3.8, 4) is 0 Å². The Morgan fingerprint density at radius 1 is 1.40 bits per heavy atom. The van der Waals surface area contributed by atoms with Gasteiger partial charge in [-0.3, -0.25) is 4.79 Å². The van der Waals surface area contributed by atoms with Crippen LogP contribution >= 0.6 is 11.8 Å². The molecule has 0 fully saturated rings. The molecule has 4 nitrogen and oxygen atoms in total. The SMILES string of the molecule is CCCCSC(C)C(=O)Nc1cccc(S(C)(=O)=O)c1. The second kappa shape index (κ2) is 7.69. The van der Waals surface area contributed by atoms with Crippen LogP contribution in [0.25, 0.3) is 0 Å². The van der Waals surface area contributed by atoms with Crippen LogP contribution in [-0.2, 0) is 14.6 Å². The number of carbonyl (C=O) groups is 1. The zero-order valence-corrected chi connectivity index (χ0v) is 13.7. The Bertz CT molecular complexity index is 555. The van der Waals surface area contributed by atoms with Crippen LogP contribution in [0.2, 0.25) is 0 Å². The molecule has 0 spiro atoms. The summed E-state index contributed by atoms with van der Waals surface area (Å²) in [6.45, 7) is 3.97. The topological polar surface area (TPSA) is 63.2 Å². The normalized spacial score (nSPS) is 12.9. The minimum atomic E-state index is -3.26. The molecule has 0 bridgehead atoms. The molecule has 0 aliphatic rings. The van der Waals surface area contributed by atoms with Gasteiger partial charge in [-0.1, -0.05) is 19.4 Å². The van der Waals surface area contributed by atoms with Crippen LogP contribution < -0.4 is 5.32 Å². The van der Waals surface area contributed by atoms with Crippen LogP contribution in [0.4, 0.5) is 5.69 Å². The molecule has 1 unspecified atom stereocenters. The fraction of sp³-hybridized carbons (Fsp3) is 0.500. The van der Waals surface area contributed by atoms with Crippen molar-refractivity contribution in [2.45, 2.75) is 36.8 Å². The fourth-order valence-corrected chi connectivity index (χ4v) is 3.21. The molecule has 20 heavy (non-hydrogen) atoms. The molecule has 0 aliphatic heterocycles. The average molecular weight is 315 g/mol. The van der Waals surface area contributed by atoms with E-state index in [1.54, 1.807) is 23.9 Å². The number of carbonyl (C=O) groups excluding carboxylic acids is 1. The van der Waals surface area contributed by atoms with E-state index in [-0.39, 0.29) is 16.1 Å². The highest BCUT2D eigenvalue weighted by Crippen LogP contribution is 2.18. The van der Waals surface area contributed by atoms with Gasteiger partial charge in [0, 0.05) is 11.9 Å². The Kier molecular flexibility index (Phi) is 6.55. The van der Waals surface area contributed by atoms with Gasteiger partial charge >= 0.3 is 0 Å². The van der Waals surface area contributed by atoms with Crippen molar-refractivity contribution in [1.29, 1.82) is 0 Å². The Labute approximate surface area is 125 Å². The fourth-order valence-electron chi connectivity index (χ4n) is 1.53. The summed E-state index contributed by atoms with van der Waals surface area (Å²) < 4.78 is 22.9. The quantitative estimate of drug-likeness (QED) is 0.786. The van der Waals surface area contributed by atoms with E-state index in [1.807, 2.05) is 6.92 Å². The van der Waals surface area contributed by atoms with Crippen LogP contribution in [0.1, 0.15) is 26.7 Å². The van der Waals surface area contributed by atoms with Gasteiger partial charge in [0.25, 0.3) is 0 Å². The number of amides is 1.